The van der Waals surface area contributed by atoms with Crippen LogP contribution in [-0.4, -0.2) is 18.9 Å². The third-order valence-corrected chi connectivity index (χ3v) is 2.72. The number of ketones is 1. The molecule has 1 rings (SSSR count). The number of carbonyl (C=O) groups excluding carboxylic acids is 1. The Morgan fingerprint density at radius 3 is 3.14 bits per heavy atom. The van der Waals surface area contributed by atoms with Crippen molar-refractivity contribution in [2.75, 3.05) is 13.1 Å². The molecule has 0 saturated heterocycles. The van der Waals surface area contributed by atoms with Gasteiger partial charge in [0.15, 0.2) is 0 Å². The van der Waals surface area contributed by atoms with Gasteiger partial charge in [-0.1, -0.05) is 12.0 Å². The Hall–Kier alpha value is -1.11. The zero-order valence-electron chi connectivity index (χ0n) is 7.95. The number of thiophene rings is 1. The summed E-state index contributed by atoms with van der Waals surface area (Å²) < 4.78 is 0. The van der Waals surface area contributed by atoms with Crippen LogP contribution in [0.25, 0.3) is 0 Å². The lowest BCUT2D eigenvalue weighted by molar-refractivity contribution is -0.118. The van der Waals surface area contributed by atoms with E-state index >= 15 is 0 Å². The van der Waals surface area contributed by atoms with Crippen molar-refractivity contribution in [3.8, 4) is 12.3 Å². The first-order chi connectivity index (χ1) is 6.83. The molecule has 0 aliphatic rings. The number of carbonyl (C=O) groups is 1. The standard InChI is InChI=1S/C11H13NOS/c1-2-7-12-9-10(13)5-6-11-4-3-8-14-11/h1,3-4,8,12H,5-7,9H2. The average molecular weight is 207 g/mol. The van der Waals surface area contributed by atoms with Crippen LogP contribution >= 0.6 is 11.3 Å². The smallest absolute Gasteiger partial charge is 0.147 e. The Bertz CT molecular complexity index is 311. The molecule has 14 heavy (non-hydrogen) atoms. The van der Waals surface area contributed by atoms with Crippen molar-refractivity contribution >= 4 is 17.1 Å². The van der Waals surface area contributed by atoms with Crippen molar-refractivity contribution in [2.45, 2.75) is 12.8 Å². The summed E-state index contributed by atoms with van der Waals surface area (Å²) in [6.07, 6.45) is 6.48. The van der Waals surface area contributed by atoms with E-state index in [2.05, 4.69) is 11.2 Å². The van der Waals surface area contributed by atoms with Gasteiger partial charge < -0.3 is 0 Å². The normalized spacial score (nSPS) is 9.64. The predicted molar refractivity (Wildman–Crippen MR) is 59.3 cm³/mol. The quantitative estimate of drug-likeness (QED) is 0.565. The zero-order chi connectivity index (χ0) is 10.2. The Kier molecular flexibility index (Phi) is 4.98. The summed E-state index contributed by atoms with van der Waals surface area (Å²) in [6.45, 7) is 0.848. The molecule has 0 radical (unpaired) electrons. The van der Waals surface area contributed by atoms with Gasteiger partial charge in [-0.3, -0.25) is 10.1 Å². The van der Waals surface area contributed by atoms with E-state index in [1.807, 2.05) is 17.5 Å². The van der Waals surface area contributed by atoms with E-state index in [4.69, 9.17) is 6.42 Å². The molecule has 0 saturated carbocycles. The van der Waals surface area contributed by atoms with Crippen LogP contribution < -0.4 is 5.32 Å². The predicted octanol–water partition coefficient (Wildman–Crippen LogP) is 1.47. The fraction of sp³-hybridized carbons (Fsp3) is 0.364. The molecule has 74 valence electrons. The lowest BCUT2D eigenvalue weighted by Gasteiger charge is -1.99. The van der Waals surface area contributed by atoms with Crippen LogP contribution in [0, 0.1) is 12.3 Å². The third-order valence-electron chi connectivity index (χ3n) is 1.78. The Morgan fingerprint density at radius 1 is 1.64 bits per heavy atom. The first-order valence-corrected chi connectivity index (χ1v) is 5.39. The molecule has 0 fully saturated rings. The van der Waals surface area contributed by atoms with Gasteiger partial charge in [-0.05, 0) is 17.9 Å². The second-order valence-corrected chi connectivity index (χ2v) is 3.96. The molecular weight excluding hydrogens is 194 g/mol. The maximum absolute atomic E-state index is 11.3. The summed E-state index contributed by atoms with van der Waals surface area (Å²) in [6, 6.07) is 4.05. The first-order valence-electron chi connectivity index (χ1n) is 4.51. The van der Waals surface area contributed by atoms with E-state index in [1.54, 1.807) is 11.3 Å². The van der Waals surface area contributed by atoms with Gasteiger partial charge in [-0.2, -0.15) is 0 Å². The van der Waals surface area contributed by atoms with Crippen LogP contribution in [-0.2, 0) is 11.2 Å². The van der Waals surface area contributed by atoms with Crippen molar-refractivity contribution in [2.24, 2.45) is 0 Å². The van der Waals surface area contributed by atoms with Gasteiger partial charge >= 0.3 is 0 Å². The first kappa shape index (κ1) is 11.0. The van der Waals surface area contributed by atoms with Crippen molar-refractivity contribution in [3.63, 3.8) is 0 Å². The van der Waals surface area contributed by atoms with E-state index in [1.165, 1.54) is 4.88 Å². The Labute approximate surface area is 88.3 Å². The molecule has 0 aliphatic heterocycles. The molecule has 0 atom stereocenters. The van der Waals surface area contributed by atoms with Crippen molar-refractivity contribution < 1.29 is 4.79 Å². The summed E-state index contributed by atoms with van der Waals surface area (Å²) in [5, 5.41) is 4.91. The Morgan fingerprint density at radius 2 is 2.50 bits per heavy atom. The summed E-state index contributed by atoms with van der Waals surface area (Å²) in [5.74, 6) is 2.65. The molecule has 2 nitrogen and oxygen atoms in total. The van der Waals surface area contributed by atoms with E-state index in [0.717, 1.165) is 6.42 Å². The third kappa shape index (κ3) is 4.22. The van der Waals surface area contributed by atoms with Crippen LogP contribution in [0.4, 0.5) is 0 Å². The number of Topliss-reactive ketones (excluding diaryl/α,β-unsaturated/α-hetero) is 1. The second-order valence-electron chi connectivity index (χ2n) is 2.93. The molecular formula is C11H13NOS. The molecule has 1 aromatic rings. The summed E-state index contributed by atoms with van der Waals surface area (Å²) in [4.78, 5) is 12.5. The van der Waals surface area contributed by atoms with Crippen molar-refractivity contribution in [1.29, 1.82) is 0 Å². The molecule has 1 heterocycles. The monoisotopic (exact) mass is 207 g/mol. The highest BCUT2D eigenvalue weighted by Gasteiger charge is 2.01. The van der Waals surface area contributed by atoms with Crippen LogP contribution in [0.1, 0.15) is 11.3 Å². The maximum atomic E-state index is 11.3. The minimum absolute atomic E-state index is 0.216. The number of rotatable bonds is 6. The number of terminal acetylenes is 1. The van der Waals surface area contributed by atoms with Crippen molar-refractivity contribution in [1.82, 2.24) is 5.32 Å². The maximum Gasteiger partial charge on any atom is 0.147 e. The Balaban J connectivity index is 2.13. The fourth-order valence-corrected chi connectivity index (χ4v) is 1.79. The van der Waals surface area contributed by atoms with Crippen LogP contribution in [0.3, 0.4) is 0 Å². The molecule has 0 aromatic carbocycles. The highest BCUT2D eigenvalue weighted by Crippen LogP contribution is 2.10. The van der Waals surface area contributed by atoms with Gasteiger partial charge in [0.05, 0.1) is 13.1 Å². The largest absolute Gasteiger partial charge is 0.299 e. The fourth-order valence-electron chi connectivity index (χ4n) is 1.08. The molecule has 3 heteroatoms. The number of hydrogen-bond donors (Lipinski definition) is 1. The van der Waals surface area contributed by atoms with E-state index in [0.29, 0.717) is 19.5 Å². The lowest BCUT2D eigenvalue weighted by atomic mass is 10.2. The molecule has 0 aliphatic carbocycles. The highest BCUT2D eigenvalue weighted by atomic mass is 32.1. The number of nitrogens with one attached hydrogen (secondary N) is 1. The van der Waals surface area contributed by atoms with E-state index in [-0.39, 0.29) is 5.78 Å². The van der Waals surface area contributed by atoms with Crippen LogP contribution in [0.5, 0.6) is 0 Å². The summed E-state index contributed by atoms with van der Waals surface area (Å²) in [5.41, 5.74) is 0. The number of hydrogen-bond acceptors (Lipinski definition) is 3. The zero-order valence-corrected chi connectivity index (χ0v) is 8.77. The highest BCUT2D eigenvalue weighted by molar-refractivity contribution is 7.09. The molecule has 1 N–H and O–H groups in total. The van der Waals surface area contributed by atoms with E-state index < -0.39 is 0 Å². The molecule has 0 amide bonds. The van der Waals surface area contributed by atoms with Gasteiger partial charge in [0.25, 0.3) is 0 Å². The minimum atomic E-state index is 0.216. The SMILES string of the molecule is C#CCNCC(=O)CCc1cccs1. The molecule has 1 aromatic heterocycles. The van der Waals surface area contributed by atoms with Gasteiger partial charge in [0.1, 0.15) is 5.78 Å². The molecule has 0 bridgehead atoms. The molecule has 0 spiro atoms. The number of aryl methyl sites for hydroxylation is 1. The van der Waals surface area contributed by atoms with E-state index in [9.17, 15) is 4.79 Å². The van der Waals surface area contributed by atoms with Crippen LogP contribution in [0.15, 0.2) is 17.5 Å². The second kappa shape index (κ2) is 6.36. The minimum Gasteiger partial charge on any atom is -0.299 e. The average Bonchev–Trinajstić information content (AvgIpc) is 2.68. The summed E-state index contributed by atoms with van der Waals surface area (Å²) in [7, 11) is 0. The van der Waals surface area contributed by atoms with Gasteiger partial charge in [0, 0.05) is 11.3 Å². The topological polar surface area (TPSA) is 29.1 Å². The lowest BCUT2D eigenvalue weighted by Crippen LogP contribution is -2.23. The van der Waals surface area contributed by atoms with Gasteiger partial charge in [-0.15, -0.1) is 17.8 Å². The van der Waals surface area contributed by atoms with Crippen LogP contribution in [0.2, 0.25) is 0 Å². The van der Waals surface area contributed by atoms with Gasteiger partial charge in [-0.25, -0.2) is 0 Å². The van der Waals surface area contributed by atoms with Crippen molar-refractivity contribution in [3.05, 3.63) is 22.4 Å². The summed E-state index contributed by atoms with van der Waals surface area (Å²) >= 11 is 1.69. The van der Waals surface area contributed by atoms with Gasteiger partial charge in [0.2, 0.25) is 0 Å². The molecule has 0 unspecified atom stereocenters.